The number of rotatable bonds is 2. The van der Waals surface area contributed by atoms with E-state index in [0.717, 1.165) is 10.0 Å². The van der Waals surface area contributed by atoms with Crippen molar-refractivity contribution in [2.24, 2.45) is 0 Å². The summed E-state index contributed by atoms with van der Waals surface area (Å²) in [5.74, 6) is 0. The van der Waals surface area contributed by atoms with Crippen molar-refractivity contribution < 1.29 is 21.2 Å². The molecule has 2 rings (SSSR count). The highest BCUT2D eigenvalue weighted by molar-refractivity contribution is 6.30. The lowest BCUT2D eigenvalue weighted by atomic mass is 10.4. The van der Waals surface area contributed by atoms with Crippen LogP contribution in [0.25, 0.3) is 0 Å². The maximum absolute atomic E-state index is 5.83. The topological polar surface area (TPSA) is 0 Å². The molecule has 0 aliphatic carbocycles. The van der Waals surface area contributed by atoms with Gasteiger partial charge in [0.1, 0.15) is 0 Å². The second kappa shape index (κ2) is 6.70. The van der Waals surface area contributed by atoms with Gasteiger partial charge in [0.2, 0.25) is 0 Å². The average molecular weight is 386 g/mol. The minimum atomic E-state index is -0.114. The Morgan fingerprint density at radius 1 is 0.625 bits per heavy atom. The molecule has 0 spiro atoms. The zero-order valence-corrected chi connectivity index (χ0v) is 12.6. The van der Waals surface area contributed by atoms with Gasteiger partial charge in [-0.2, -0.15) is 0 Å². The van der Waals surface area contributed by atoms with Gasteiger partial charge in [-0.3, -0.25) is 0 Å². The van der Waals surface area contributed by atoms with Gasteiger partial charge in [0.05, 0.1) is 0 Å². The summed E-state index contributed by atoms with van der Waals surface area (Å²) in [4.78, 5) is 0. The first-order valence-corrected chi connectivity index (χ1v) is 7.31. The van der Waals surface area contributed by atoms with E-state index in [9.17, 15) is 0 Å². The Morgan fingerprint density at radius 3 is 1.25 bits per heavy atom. The second-order valence-corrected chi connectivity index (χ2v) is 6.87. The molecule has 0 unspecified atom stereocenters. The van der Waals surface area contributed by atoms with Crippen molar-refractivity contribution in [3.05, 3.63) is 65.7 Å². The summed E-state index contributed by atoms with van der Waals surface area (Å²) in [7, 11) is 0. The molecule has 0 aromatic heterocycles. The Bertz CT molecular complexity index is 393. The summed E-state index contributed by atoms with van der Waals surface area (Å²) in [6, 6.07) is 16.1. The number of hydrogen-bond donors (Lipinski definition) is 0. The lowest BCUT2D eigenvalue weighted by molar-refractivity contribution is -0.597. The molecular formula is C12H9Cl3I+. The van der Waals surface area contributed by atoms with Crippen LogP contribution in [0.5, 0.6) is 0 Å². The highest BCUT2D eigenvalue weighted by atomic mass is 127. The third kappa shape index (κ3) is 4.13. The molecule has 0 saturated carbocycles. The van der Waals surface area contributed by atoms with Crippen LogP contribution in [0, 0.1) is 7.14 Å². The summed E-state index contributed by atoms with van der Waals surface area (Å²) < 4.78 is 2.72. The van der Waals surface area contributed by atoms with Crippen LogP contribution in [0.4, 0.5) is 0 Å². The lowest BCUT2D eigenvalue weighted by Gasteiger charge is -1.89. The quantitative estimate of drug-likeness (QED) is 0.687. The van der Waals surface area contributed by atoms with Crippen LogP contribution in [0.2, 0.25) is 10.0 Å². The zero-order valence-electron chi connectivity index (χ0n) is 8.16. The highest BCUT2D eigenvalue weighted by Crippen LogP contribution is 2.05. The maximum atomic E-state index is 5.83. The molecule has 0 amide bonds. The first kappa shape index (κ1) is 14.1. The van der Waals surface area contributed by atoms with Crippen molar-refractivity contribution in [3.8, 4) is 0 Å². The third-order valence-electron chi connectivity index (χ3n) is 1.83. The van der Waals surface area contributed by atoms with Crippen molar-refractivity contribution in [2.45, 2.75) is 0 Å². The fourth-order valence-electron chi connectivity index (χ4n) is 1.11. The van der Waals surface area contributed by atoms with E-state index in [2.05, 4.69) is 24.3 Å². The van der Waals surface area contributed by atoms with Crippen LogP contribution in [0.3, 0.4) is 0 Å². The predicted molar refractivity (Wildman–Crippen MR) is 67.5 cm³/mol. The molecule has 0 fully saturated rings. The Balaban J connectivity index is 0.00000128. The second-order valence-electron chi connectivity index (χ2n) is 2.97. The minimum absolute atomic E-state index is 0. The standard InChI is InChI=1S/C12H8Cl2I.ClH/c13-9-1-5-11(6-2-9)15-12-7-3-10(14)4-8-12;/h1-8H;1H/q+1;. The minimum Gasteiger partial charge on any atom is -0.147 e. The summed E-state index contributed by atoms with van der Waals surface area (Å²) in [5, 5.41) is 1.58. The van der Waals surface area contributed by atoms with Gasteiger partial charge in [-0.15, -0.1) is 12.4 Å². The van der Waals surface area contributed by atoms with E-state index in [4.69, 9.17) is 23.2 Å². The fourth-order valence-corrected chi connectivity index (χ4v) is 3.52. The van der Waals surface area contributed by atoms with Crippen LogP contribution in [0.1, 0.15) is 0 Å². The normalized spacial score (nSPS) is 9.62. The van der Waals surface area contributed by atoms with Crippen LogP contribution < -0.4 is 21.2 Å². The molecular weight excluding hydrogens is 377 g/mol. The number of halogens is 4. The summed E-state index contributed by atoms with van der Waals surface area (Å²) in [6.07, 6.45) is 0. The number of benzene rings is 2. The average Bonchev–Trinajstić information content (AvgIpc) is 2.25. The van der Waals surface area contributed by atoms with Gasteiger partial charge in [-0.25, -0.2) is 0 Å². The molecule has 2 aromatic rings. The van der Waals surface area contributed by atoms with E-state index in [-0.39, 0.29) is 33.6 Å². The smallest absolute Gasteiger partial charge is 0.147 e. The van der Waals surface area contributed by atoms with Crippen LogP contribution in [-0.2, 0) is 0 Å². The molecule has 0 bridgehead atoms. The van der Waals surface area contributed by atoms with Crippen molar-refractivity contribution in [2.75, 3.05) is 0 Å². The van der Waals surface area contributed by atoms with Crippen LogP contribution in [-0.4, -0.2) is 0 Å². The van der Waals surface area contributed by atoms with E-state index >= 15 is 0 Å². The van der Waals surface area contributed by atoms with E-state index in [1.807, 2.05) is 24.3 Å². The molecule has 4 heteroatoms. The summed E-state index contributed by atoms with van der Waals surface area (Å²) in [5.41, 5.74) is 0. The number of hydrogen-bond acceptors (Lipinski definition) is 0. The monoisotopic (exact) mass is 385 g/mol. The molecule has 0 radical (unpaired) electrons. The van der Waals surface area contributed by atoms with Gasteiger partial charge in [0.15, 0.2) is 7.14 Å². The van der Waals surface area contributed by atoms with Gasteiger partial charge in [-0.1, -0.05) is 23.2 Å². The van der Waals surface area contributed by atoms with Crippen molar-refractivity contribution >= 4 is 35.6 Å². The molecule has 0 aliphatic rings. The predicted octanol–water partition coefficient (Wildman–Crippen LogP) is 1.54. The van der Waals surface area contributed by atoms with E-state index in [1.165, 1.54) is 7.14 Å². The molecule has 0 nitrogen and oxygen atoms in total. The Kier molecular flexibility index (Phi) is 5.90. The fraction of sp³-hybridized carbons (Fsp3) is 0. The van der Waals surface area contributed by atoms with E-state index in [0.29, 0.717) is 0 Å². The van der Waals surface area contributed by atoms with E-state index in [1.54, 1.807) is 0 Å². The lowest BCUT2D eigenvalue weighted by Crippen LogP contribution is -3.61. The van der Waals surface area contributed by atoms with Crippen molar-refractivity contribution in [1.82, 2.24) is 0 Å². The largest absolute Gasteiger partial charge is 0.357 e. The van der Waals surface area contributed by atoms with Gasteiger partial charge in [0, 0.05) is 10.0 Å². The molecule has 16 heavy (non-hydrogen) atoms. The summed E-state index contributed by atoms with van der Waals surface area (Å²) >= 11 is 11.5. The maximum Gasteiger partial charge on any atom is 0.357 e. The van der Waals surface area contributed by atoms with Gasteiger partial charge < -0.3 is 0 Å². The molecule has 2 aromatic carbocycles. The Morgan fingerprint density at radius 2 is 0.938 bits per heavy atom. The van der Waals surface area contributed by atoms with Gasteiger partial charge in [0.25, 0.3) is 0 Å². The SMILES string of the molecule is Cl.Clc1ccc([I+]c2ccc(Cl)cc2)cc1. The van der Waals surface area contributed by atoms with Crippen LogP contribution >= 0.6 is 35.6 Å². The molecule has 84 valence electrons. The van der Waals surface area contributed by atoms with E-state index < -0.39 is 0 Å². The molecule has 0 heterocycles. The molecule has 0 N–H and O–H groups in total. The zero-order chi connectivity index (χ0) is 10.7. The third-order valence-corrected chi connectivity index (χ3v) is 5.01. The highest BCUT2D eigenvalue weighted by Gasteiger charge is 2.14. The molecule has 0 saturated heterocycles. The van der Waals surface area contributed by atoms with Gasteiger partial charge >= 0.3 is 21.2 Å². The van der Waals surface area contributed by atoms with Crippen LogP contribution in [0.15, 0.2) is 48.5 Å². The Hall–Kier alpha value is 0.0400. The van der Waals surface area contributed by atoms with Gasteiger partial charge in [-0.05, 0) is 48.5 Å². The van der Waals surface area contributed by atoms with Crippen molar-refractivity contribution in [1.29, 1.82) is 0 Å². The molecule has 0 aliphatic heterocycles. The first-order valence-electron chi connectivity index (χ1n) is 4.40. The van der Waals surface area contributed by atoms with Crippen molar-refractivity contribution in [3.63, 3.8) is 0 Å². The first-order chi connectivity index (χ1) is 7.24. The Labute approximate surface area is 122 Å². The summed E-state index contributed by atoms with van der Waals surface area (Å²) in [6.45, 7) is 0. The molecule has 0 atom stereocenters.